The Morgan fingerprint density at radius 3 is 2.39 bits per heavy atom. The predicted octanol–water partition coefficient (Wildman–Crippen LogP) is 4.88. The Morgan fingerprint density at radius 2 is 1.64 bits per heavy atom. The maximum atomic E-state index is 12.3. The van der Waals surface area contributed by atoms with E-state index >= 15 is 0 Å². The third kappa shape index (κ3) is 5.64. The monoisotopic (exact) mass is 409 g/mol. The van der Waals surface area contributed by atoms with Gasteiger partial charge in [0.1, 0.15) is 5.75 Å². The standard InChI is InChI=1S/C21H16ClN3O2S/c22-17-12-10-15(11-13-17)20(26)27-19-9-5-4-6-16(19)14-23-25-21(28)24-18-7-2-1-3-8-18/h1-14H,(H2,24,25,28)/b23-14-. The van der Waals surface area contributed by atoms with Crippen molar-refractivity contribution in [2.24, 2.45) is 5.10 Å². The summed E-state index contributed by atoms with van der Waals surface area (Å²) in [6.45, 7) is 0. The number of hydrazone groups is 1. The minimum Gasteiger partial charge on any atom is -0.422 e. The molecule has 0 aliphatic carbocycles. The molecule has 140 valence electrons. The van der Waals surface area contributed by atoms with Gasteiger partial charge in [0, 0.05) is 16.3 Å². The van der Waals surface area contributed by atoms with Crippen molar-refractivity contribution in [3.8, 4) is 5.75 Å². The van der Waals surface area contributed by atoms with Gasteiger partial charge in [-0.25, -0.2) is 4.79 Å². The van der Waals surface area contributed by atoms with Gasteiger partial charge in [0.15, 0.2) is 5.11 Å². The van der Waals surface area contributed by atoms with Crippen LogP contribution < -0.4 is 15.5 Å². The zero-order chi connectivity index (χ0) is 19.8. The molecule has 0 spiro atoms. The van der Waals surface area contributed by atoms with E-state index in [1.54, 1.807) is 42.5 Å². The van der Waals surface area contributed by atoms with Crippen LogP contribution in [0.5, 0.6) is 5.75 Å². The molecule has 0 aliphatic heterocycles. The van der Waals surface area contributed by atoms with Crippen molar-refractivity contribution in [2.75, 3.05) is 5.32 Å². The van der Waals surface area contributed by atoms with E-state index in [0.717, 1.165) is 5.69 Å². The molecule has 3 rings (SSSR count). The number of esters is 1. The summed E-state index contributed by atoms with van der Waals surface area (Å²) in [5.41, 5.74) is 4.62. The lowest BCUT2D eigenvalue weighted by molar-refractivity contribution is 0.0734. The molecule has 0 saturated carbocycles. The van der Waals surface area contributed by atoms with Gasteiger partial charge in [0.05, 0.1) is 11.8 Å². The molecule has 0 unspecified atom stereocenters. The van der Waals surface area contributed by atoms with Gasteiger partial charge in [0.2, 0.25) is 0 Å². The first kappa shape index (κ1) is 19.5. The van der Waals surface area contributed by atoms with E-state index in [4.69, 9.17) is 28.6 Å². The number of nitrogens with one attached hydrogen (secondary N) is 2. The maximum absolute atomic E-state index is 12.3. The highest BCUT2D eigenvalue weighted by Crippen LogP contribution is 2.18. The summed E-state index contributed by atoms with van der Waals surface area (Å²) in [5, 5.41) is 8.01. The molecular weight excluding hydrogens is 394 g/mol. The van der Waals surface area contributed by atoms with Gasteiger partial charge in [-0.1, -0.05) is 41.9 Å². The number of carbonyl (C=O) groups excluding carboxylic acids is 1. The summed E-state index contributed by atoms with van der Waals surface area (Å²) in [4.78, 5) is 12.3. The van der Waals surface area contributed by atoms with Gasteiger partial charge in [-0.05, 0) is 60.7 Å². The average Bonchev–Trinajstić information content (AvgIpc) is 2.70. The van der Waals surface area contributed by atoms with Crippen LogP contribution in [0.3, 0.4) is 0 Å². The topological polar surface area (TPSA) is 62.7 Å². The van der Waals surface area contributed by atoms with E-state index in [1.165, 1.54) is 6.21 Å². The van der Waals surface area contributed by atoms with Gasteiger partial charge in [-0.3, -0.25) is 5.43 Å². The molecule has 0 fully saturated rings. The quantitative estimate of drug-likeness (QED) is 0.207. The summed E-state index contributed by atoms with van der Waals surface area (Å²) < 4.78 is 5.48. The number of rotatable bonds is 5. The molecule has 0 aromatic heterocycles. The smallest absolute Gasteiger partial charge is 0.343 e. The zero-order valence-corrected chi connectivity index (χ0v) is 16.2. The molecule has 3 aromatic carbocycles. The molecule has 2 N–H and O–H groups in total. The van der Waals surface area contributed by atoms with Crippen LogP contribution in [-0.4, -0.2) is 17.3 Å². The summed E-state index contributed by atoms with van der Waals surface area (Å²) in [6.07, 6.45) is 1.53. The molecule has 3 aromatic rings. The molecule has 0 radical (unpaired) electrons. The van der Waals surface area contributed by atoms with Gasteiger partial charge < -0.3 is 10.1 Å². The first-order chi connectivity index (χ1) is 13.6. The molecular formula is C21H16ClN3O2S. The number of hydrogen-bond acceptors (Lipinski definition) is 4. The van der Waals surface area contributed by atoms with E-state index in [9.17, 15) is 4.79 Å². The van der Waals surface area contributed by atoms with Crippen LogP contribution in [0, 0.1) is 0 Å². The number of ether oxygens (including phenoxy) is 1. The first-order valence-electron chi connectivity index (χ1n) is 8.34. The molecule has 5 nitrogen and oxygen atoms in total. The van der Waals surface area contributed by atoms with Crippen molar-refractivity contribution in [1.82, 2.24) is 5.43 Å². The van der Waals surface area contributed by atoms with Crippen molar-refractivity contribution in [2.45, 2.75) is 0 Å². The van der Waals surface area contributed by atoms with Crippen LogP contribution in [-0.2, 0) is 0 Å². The fraction of sp³-hybridized carbons (Fsp3) is 0. The second-order valence-corrected chi connectivity index (χ2v) is 6.47. The minimum absolute atomic E-state index is 0.345. The van der Waals surface area contributed by atoms with E-state index in [0.29, 0.717) is 27.0 Å². The Balaban J connectivity index is 1.63. The highest BCUT2D eigenvalue weighted by Gasteiger charge is 2.10. The van der Waals surface area contributed by atoms with Crippen LogP contribution in [0.25, 0.3) is 0 Å². The molecule has 0 saturated heterocycles. The lowest BCUT2D eigenvalue weighted by atomic mass is 10.2. The number of para-hydroxylation sites is 2. The number of hydrogen-bond donors (Lipinski definition) is 2. The number of nitrogens with zero attached hydrogens (tertiary/aromatic N) is 1. The van der Waals surface area contributed by atoms with Gasteiger partial charge in [-0.2, -0.15) is 5.10 Å². The van der Waals surface area contributed by atoms with Crippen molar-refractivity contribution in [3.05, 3.63) is 95.0 Å². The lowest BCUT2D eigenvalue weighted by Crippen LogP contribution is -2.23. The number of thiocarbonyl (C=S) groups is 1. The van der Waals surface area contributed by atoms with Gasteiger partial charge in [0.25, 0.3) is 0 Å². The van der Waals surface area contributed by atoms with Crippen LogP contribution in [0.2, 0.25) is 5.02 Å². The van der Waals surface area contributed by atoms with Crippen LogP contribution in [0.4, 0.5) is 5.69 Å². The second-order valence-electron chi connectivity index (χ2n) is 5.62. The molecule has 0 atom stereocenters. The Kier molecular flexibility index (Phi) is 6.73. The van der Waals surface area contributed by atoms with Crippen LogP contribution >= 0.6 is 23.8 Å². The summed E-state index contributed by atoms with van der Waals surface area (Å²) >= 11 is 11.0. The zero-order valence-electron chi connectivity index (χ0n) is 14.6. The van der Waals surface area contributed by atoms with Crippen LogP contribution in [0.15, 0.2) is 84.0 Å². The van der Waals surface area contributed by atoms with E-state index in [-0.39, 0.29) is 0 Å². The molecule has 0 aliphatic rings. The fourth-order valence-electron chi connectivity index (χ4n) is 2.27. The normalized spacial score (nSPS) is 10.5. The Morgan fingerprint density at radius 1 is 0.964 bits per heavy atom. The van der Waals surface area contributed by atoms with Crippen LogP contribution in [0.1, 0.15) is 15.9 Å². The Hall–Kier alpha value is -3.22. The first-order valence-corrected chi connectivity index (χ1v) is 9.12. The summed E-state index contributed by atoms with van der Waals surface area (Å²) in [6, 6.07) is 23.1. The number of carbonyl (C=O) groups is 1. The minimum atomic E-state index is -0.480. The highest BCUT2D eigenvalue weighted by atomic mass is 35.5. The van der Waals surface area contributed by atoms with E-state index in [1.807, 2.05) is 36.4 Å². The second kappa shape index (κ2) is 9.64. The van der Waals surface area contributed by atoms with Gasteiger partial charge in [-0.15, -0.1) is 0 Å². The number of halogens is 1. The number of anilines is 1. The predicted molar refractivity (Wildman–Crippen MR) is 116 cm³/mol. The SMILES string of the molecule is O=C(Oc1ccccc1/C=N\NC(=S)Nc1ccccc1)c1ccc(Cl)cc1. The Bertz CT molecular complexity index is 992. The third-order valence-electron chi connectivity index (χ3n) is 3.60. The molecule has 0 bridgehead atoms. The fourth-order valence-corrected chi connectivity index (χ4v) is 2.56. The molecule has 0 heterocycles. The lowest BCUT2D eigenvalue weighted by Gasteiger charge is -2.08. The maximum Gasteiger partial charge on any atom is 0.343 e. The molecule has 28 heavy (non-hydrogen) atoms. The van der Waals surface area contributed by atoms with Crippen molar-refractivity contribution < 1.29 is 9.53 Å². The Labute approximate surface area is 173 Å². The summed E-state index contributed by atoms with van der Waals surface area (Å²) in [5.74, 6) is -0.0957. The van der Waals surface area contributed by atoms with Gasteiger partial charge >= 0.3 is 5.97 Å². The highest BCUT2D eigenvalue weighted by molar-refractivity contribution is 7.80. The average molecular weight is 410 g/mol. The van der Waals surface area contributed by atoms with Crippen molar-refractivity contribution in [1.29, 1.82) is 0 Å². The van der Waals surface area contributed by atoms with E-state index < -0.39 is 5.97 Å². The number of benzene rings is 3. The third-order valence-corrected chi connectivity index (χ3v) is 4.05. The van der Waals surface area contributed by atoms with Crippen molar-refractivity contribution >= 4 is 46.8 Å². The molecule has 0 amide bonds. The van der Waals surface area contributed by atoms with Crippen molar-refractivity contribution in [3.63, 3.8) is 0 Å². The summed E-state index contributed by atoms with van der Waals surface area (Å²) in [7, 11) is 0. The van der Waals surface area contributed by atoms with E-state index in [2.05, 4.69) is 15.8 Å². The molecule has 7 heteroatoms. The largest absolute Gasteiger partial charge is 0.422 e.